The maximum atomic E-state index is 13.0. The number of halogens is 1. The summed E-state index contributed by atoms with van der Waals surface area (Å²) in [7, 11) is 0. The van der Waals surface area contributed by atoms with E-state index in [-0.39, 0.29) is 5.82 Å². The highest BCUT2D eigenvalue weighted by atomic mass is 19.1. The molecule has 72 valence electrons. The average Bonchev–Trinajstić information content (AvgIpc) is 2.30. The van der Waals surface area contributed by atoms with Crippen LogP contribution in [0.15, 0.2) is 42.7 Å². The second kappa shape index (κ2) is 3.89. The van der Waals surface area contributed by atoms with E-state index in [0.717, 1.165) is 5.56 Å². The lowest BCUT2D eigenvalue weighted by atomic mass is 10.0. The van der Waals surface area contributed by atoms with Gasteiger partial charge in [-0.15, -0.1) is 0 Å². The molecule has 0 fully saturated rings. The fourth-order valence-electron chi connectivity index (χ4n) is 1.37. The molecule has 0 saturated heterocycles. The molecule has 1 aromatic heterocycles. The van der Waals surface area contributed by atoms with E-state index in [4.69, 9.17) is 5.26 Å². The van der Waals surface area contributed by atoms with E-state index in [0.29, 0.717) is 11.1 Å². The molecule has 1 aromatic carbocycles. The lowest BCUT2D eigenvalue weighted by molar-refractivity contribution is 0.628. The molecule has 2 nitrogen and oxygen atoms in total. The summed E-state index contributed by atoms with van der Waals surface area (Å²) in [4.78, 5) is 3.93. The average molecular weight is 198 g/mol. The number of nitrogens with zero attached hydrogens (tertiary/aromatic N) is 2. The molecule has 0 atom stereocenters. The summed E-state index contributed by atoms with van der Waals surface area (Å²) in [5, 5.41) is 8.88. The van der Waals surface area contributed by atoms with Crippen molar-refractivity contribution in [3.63, 3.8) is 0 Å². The third-order valence-corrected chi connectivity index (χ3v) is 2.07. The molecule has 0 N–H and O–H groups in total. The molecule has 0 aliphatic heterocycles. The second-order valence-corrected chi connectivity index (χ2v) is 3.04. The molecule has 2 aromatic rings. The van der Waals surface area contributed by atoms with Crippen molar-refractivity contribution in [1.82, 2.24) is 4.98 Å². The largest absolute Gasteiger partial charge is 0.264 e. The van der Waals surface area contributed by atoms with Gasteiger partial charge in [-0.05, 0) is 24.3 Å². The maximum absolute atomic E-state index is 13.0. The first-order valence-corrected chi connectivity index (χ1v) is 4.41. The minimum absolute atomic E-state index is 0.354. The van der Waals surface area contributed by atoms with Gasteiger partial charge >= 0.3 is 0 Å². The minimum Gasteiger partial charge on any atom is -0.264 e. The fourth-order valence-corrected chi connectivity index (χ4v) is 1.37. The van der Waals surface area contributed by atoms with Gasteiger partial charge in [-0.1, -0.05) is 6.07 Å². The monoisotopic (exact) mass is 198 g/mol. The molecule has 15 heavy (non-hydrogen) atoms. The summed E-state index contributed by atoms with van der Waals surface area (Å²) in [6.07, 6.45) is 3.24. The van der Waals surface area contributed by atoms with E-state index in [2.05, 4.69) is 4.98 Å². The van der Waals surface area contributed by atoms with Crippen molar-refractivity contribution in [2.24, 2.45) is 0 Å². The maximum Gasteiger partial charge on any atom is 0.123 e. The van der Waals surface area contributed by atoms with Crippen LogP contribution in [-0.2, 0) is 0 Å². The lowest BCUT2D eigenvalue weighted by Gasteiger charge is -2.03. The van der Waals surface area contributed by atoms with E-state index in [1.54, 1.807) is 24.5 Å². The van der Waals surface area contributed by atoms with Gasteiger partial charge < -0.3 is 0 Å². The number of rotatable bonds is 1. The van der Waals surface area contributed by atoms with Crippen LogP contribution in [0.2, 0.25) is 0 Å². The molecular formula is C12H7FN2. The molecule has 0 saturated carbocycles. The van der Waals surface area contributed by atoms with Gasteiger partial charge in [0, 0.05) is 23.5 Å². The Morgan fingerprint density at radius 3 is 2.80 bits per heavy atom. The number of aromatic nitrogens is 1. The Labute approximate surface area is 86.6 Å². The third-order valence-electron chi connectivity index (χ3n) is 2.07. The zero-order valence-corrected chi connectivity index (χ0v) is 7.81. The molecule has 1 heterocycles. The molecule has 3 heteroatoms. The van der Waals surface area contributed by atoms with Gasteiger partial charge in [0.25, 0.3) is 0 Å². The summed E-state index contributed by atoms with van der Waals surface area (Å²) in [5.41, 5.74) is 1.77. The normalized spacial score (nSPS) is 9.60. The number of benzene rings is 1. The van der Waals surface area contributed by atoms with Crippen molar-refractivity contribution < 1.29 is 4.39 Å². The zero-order valence-electron chi connectivity index (χ0n) is 7.81. The van der Waals surface area contributed by atoms with E-state index < -0.39 is 0 Å². The first kappa shape index (κ1) is 9.35. The predicted molar refractivity (Wildman–Crippen MR) is 54.3 cm³/mol. The smallest absolute Gasteiger partial charge is 0.123 e. The van der Waals surface area contributed by atoms with Crippen LogP contribution in [-0.4, -0.2) is 4.98 Å². The molecule has 0 aliphatic carbocycles. The zero-order chi connectivity index (χ0) is 10.7. The number of pyridine rings is 1. The van der Waals surface area contributed by atoms with Crippen LogP contribution < -0.4 is 0 Å². The highest BCUT2D eigenvalue weighted by Crippen LogP contribution is 2.23. The van der Waals surface area contributed by atoms with Crippen molar-refractivity contribution in [2.45, 2.75) is 0 Å². The van der Waals surface area contributed by atoms with Crippen molar-refractivity contribution >= 4 is 0 Å². The number of hydrogen-bond donors (Lipinski definition) is 0. The quantitative estimate of drug-likeness (QED) is 0.706. The minimum atomic E-state index is -0.354. The standard InChI is InChI=1S/C12H7FN2/c13-11-4-3-9(7-14)12(6-11)10-2-1-5-15-8-10/h1-6,8H. The van der Waals surface area contributed by atoms with Crippen LogP contribution in [0.1, 0.15) is 5.56 Å². The van der Waals surface area contributed by atoms with Gasteiger partial charge in [-0.3, -0.25) is 4.98 Å². The lowest BCUT2D eigenvalue weighted by Crippen LogP contribution is -1.86. The van der Waals surface area contributed by atoms with E-state index in [9.17, 15) is 4.39 Å². The van der Waals surface area contributed by atoms with Crippen molar-refractivity contribution in [3.05, 3.63) is 54.1 Å². The molecule has 0 spiro atoms. The van der Waals surface area contributed by atoms with Crippen molar-refractivity contribution in [2.75, 3.05) is 0 Å². The van der Waals surface area contributed by atoms with Crippen LogP contribution in [0.25, 0.3) is 11.1 Å². The topological polar surface area (TPSA) is 36.7 Å². The summed E-state index contributed by atoms with van der Waals surface area (Å²) in [6.45, 7) is 0. The van der Waals surface area contributed by atoms with Crippen LogP contribution in [0, 0.1) is 17.1 Å². The highest BCUT2D eigenvalue weighted by molar-refractivity contribution is 5.69. The van der Waals surface area contributed by atoms with Gasteiger partial charge in [0.15, 0.2) is 0 Å². The van der Waals surface area contributed by atoms with Crippen LogP contribution in [0.3, 0.4) is 0 Å². The predicted octanol–water partition coefficient (Wildman–Crippen LogP) is 2.76. The number of hydrogen-bond acceptors (Lipinski definition) is 2. The van der Waals surface area contributed by atoms with Gasteiger partial charge in [0.1, 0.15) is 5.82 Å². The van der Waals surface area contributed by atoms with Gasteiger partial charge in [0.05, 0.1) is 11.6 Å². The van der Waals surface area contributed by atoms with Crippen molar-refractivity contribution in [1.29, 1.82) is 5.26 Å². The Kier molecular flexibility index (Phi) is 2.42. The first-order valence-electron chi connectivity index (χ1n) is 4.41. The SMILES string of the molecule is N#Cc1ccc(F)cc1-c1cccnc1. The Morgan fingerprint density at radius 1 is 1.27 bits per heavy atom. The Hall–Kier alpha value is -2.21. The molecule has 0 amide bonds. The van der Waals surface area contributed by atoms with Gasteiger partial charge in [-0.2, -0.15) is 5.26 Å². The second-order valence-electron chi connectivity index (χ2n) is 3.04. The van der Waals surface area contributed by atoms with Crippen LogP contribution in [0.5, 0.6) is 0 Å². The molecule has 0 radical (unpaired) electrons. The van der Waals surface area contributed by atoms with Crippen LogP contribution >= 0.6 is 0 Å². The van der Waals surface area contributed by atoms with E-state index in [1.807, 2.05) is 6.07 Å². The van der Waals surface area contributed by atoms with Crippen molar-refractivity contribution in [3.8, 4) is 17.2 Å². The first-order chi connectivity index (χ1) is 7.31. The molecular weight excluding hydrogens is 191 g/mol. The Balaban J connectivity index is 2.62. The van der Waals surface area contributed by atoms with E-state index >= 15 is 0 Å². The summed E-state index contributed by atoms with van der Waals surface area (Å²) < 4.78 is 13.0. The Morgan fingerprint density at radius 2 is 2.13 bits per heavy atom. The summed E-state index contributed by atoms with van der Waals surface area (Å²) in [5.74, 6) is -0.354. The fraction of sp³-hybridized carbons (Fsp3) is 0. The molecule has 0 unspecified atom stereocenters. The van der Waals surface area contributed by atoms with Crippen LogP contribution in [0.4, 0.5) is 4.39 Å². The summed E-state index contributed by atoms with van der Waals surface area (Å²) >= 11 is 0. The van der Waals surface area contributed by atoms with Gasteiger partial charge in [-0.25, -0.2) is 4.39 Å². The number of nitriles is 1. The molecule has 2 rings (SSSR count). The third kappa shape index (κ3) is 1.84. The Bertz CT molecular complexity index is 515. The highest BCUT2D eigenvalue weighted by Gasteiger charge is 2.05. The van der Waals surface area contributed by atoms with E-state index in [1.165, 1.54) is 18.2 Å². The summed E-state index contributed by atoms with van der Waals surface area (Å²) in [6, 6.07) is 9.66. The molecule has 0 aliphatic rings. The molecule has 0 bridgehead atoms. The van der Waals surface area contributed by atoms with Gasteiger partial charge in [0.2, 0.25) is 0 Å².